The van der Waals surface area contributed by atoms with Gasteiger partial charge in [0, 0.05) is 44.6 Å². The van der Waals surface area contributed by atoms with Crippen LogP contribution in [0, 0.1) is 12.7 Å². The third-order valence-corrected chi connectivity index (χ3v) is 6.42. The van der Waals surface area contributed by atoms with Gasteiger partial charge in [-0.1, -0.05) is 12.1 Å². The maximum Gasteiger partial charge on any atom is 0.261 e. The second-order valence-electron chi connectivity index (χ2n) is 7.82. The number of amides is 1. The number of carbonyl (C=O) groups excluding carboxylic acids is 1. The summed E-state index contributed by atoms with van der Waals surface area (Å²) in [5, 5.41) is 0. The molecule has 0 aromatic heterocycles. The predicted octanol–water partition coefficient (Wildman–Crippen LogP) is 4.27. The first-order chi connectivity index (χ1) is 15.1. The average Bonchev–Trinajstić information content (AvgIpc) is 2.75. The van der Waals surface area contributed by atoms with Crippen molar-refractivity contribution in [1.82, 2.24) is 4.90 Å². The van der Waals surface area contributed by atoms with Crippen molar-refractivity contribution < 1.29 is 17.6 Å². The van der Waals surface area contributed by atoms with Crippen molar-refractivity contribution in [1.29, 1.82) is 0 Å². The quantitative estimate of drug-likeness (QED) is 0.578. The number of halogens is 1. The van der Waals surface area contributed by atoms with Crippen LogP contribution in [0.2, 0.25) is 0 Å². The lowest BCUT2D eigenvalue weighted by Gasteiger charge is -2.19. The molecule has 1 N–H and O–H groups in total. The lowest BCUT2D eigenvalue weighted by atomic mass is 10.1. The zero-order valence-corrected chi connectivity index (χ0v) is 19.3. The third-order valence-electron chi connectivity index (χ3n) is 5.04. The van der Waals surface area contributed by atoms with E-state index in [1.807, 2.05) is 43.3 Å². The number of hydrogen-bond acceptors (Lipinski definition) is 4. The molecule has 3 rings (SSSR count). The molecule has 0 unspecified atom stereocenters. The Hall–Kier alpha value is -3.39. The van der Waals surface area contributed by atoms with Gasteiger partial charge in [0.25, 0.3) is 15.9 Å². The molecule has 0 bridgehead atoms. The molecular weight excluding hydrogens is 429 g/mol. The Kier molecular flexibility index (Phi) is 6.84. The summed E-state index contributed by atoms with van der Waals surface area (Å²) in [6, 6.07) is 17.8. The Balaban J connectivity index is 1.67. The van der Waals surface area contributed by atoms with Gasteiger partial charge in [0.1, 0.15) is 5.82 Å². The number of rotatable bonds is 7. The van der Waals surface area contributed by atoms with Crippen molar-refractivity contribution in [2.24, 2.45) is 0 Å². The fourth-order valence-electron chi connectivity index (χ4n) is 3.14. The fourth-order valence-corrected chi connectivity index (χ4v) is 4.29. The summed E-state index contributed by atoms with van der Waals surface area (Å²) in [6.45, 7) is 1.95. The van der Waals surface area contributed by atoms with Gasteiger partial charge in [-0.15, -0.1) is 0 Å². The highest BCUT2D eigenvalue weighted by molar-refractivity contribution is 7.92. The molecule has 0 atom stereocenters. The first-order valence-electron chi connectivity index (χ1n) is 9.97. The summed E-state index contributed by atoms with van der Waals surface area (Å²) in [7, 11) is 1.78. The number of hydrogen-bond donors (Lipinski definition) is 1. The van der Waals surface area contributed by atoms with E-state index < -0.39 is 15.8 Å². The van der Waals surface area contributed by atoms with Crippen molar-refractivity contribution in [3.05, 3.63) is 89.2 Å². The minimum absolute atomic E-state index is 0.0310. The van der Waals surface area contributed by atoms with E-state index in [2.05, 4.69) is 4.72 Å². The number of anilines is 2. The van der Waals surface area contributed by atoms with E-state index >= 15 is 0 Å². The molecule has 8 heteroatoms. The van der Waals surface area contributed by atoms with Crippen LogP contribution in [0.4, 0.5) is 15.8 Å². The Labute approximate surface area is 188 Å². The molecule has 0 aliphatic carbocycles. The highest BCUT2D eigenvalue weighted by Crippen LogP contribution is 2.20. The van der Waals surface area contributed by atoms with Crippen LogP contribution in [0.5, 0.6) is 0 Å². The van der Waals surface area contributed by atoms with Crippen molar-refractivity contribution >= 4 is 27.3 Å². The minimum atomic E-state index is -3.87. The molecular formula is C24H26FN3O3S. The number of nitrogens with one attached hydrogen (secondary N) is 1. The van der Waals surface area contributed by atoms with Gasteiger partial charge in [0.2, 0.25) is 0 Å². The zero-order valence-electron chi connectivity index (χ0n) is 18.5. The lowest BCUT2D eigenvalue weighted by Crippen LogP contribution is -2.26. The highest BCUT2D eigenvalue weighted by atomic mass is 32.2. The molecule has 0 aliphatic rings. The van der Waals surface area contributed by atoms with Gasteiger partial charge in [-0.3, -0.25) is 9.52 Å². The van der Waals surface area contributed by atoms with E-state index in [0.717, 1.165) is 17.3 Å². The number of aryl methyl sites for hydroxylation is 1. The lowest BCUT2D eigenvalue weighted by molar-refractivity contribution is 0.0785. The molecule has 0 spiro atoms. The molecule has 0 radical (unpaired) electrons. The molecule has 0 saturated carbocycles. The van der Waals surface area contributed by atoms with Crippen LogP contribution in [0.15, 0.2) is 71.6 Å². The molecule has 3 aromatic carbocycles. The summed E-state index contributed by atoms with van der Waals surface area (Å²) < 4.78 is 41.0. The second kappa shape index (κ2) is 9.40. The van der Waals surface area contributed by atoms with Crippen LogP contribution < -0.4 is 9.62 Å². The average molecular weight is 456 g/mol. The SMILES string of the molecule is Cc1cc(S(=O)(=O)Nc2ccc(C(=O)N(C)Cc3ccc(N(C)C)cc3)cc2)ccc1F. The van der Waals surface area contributed by atoms with Crippen LogP contribution in [0.25, 0.3) is 0 Å². The van der Waals surface area contributed by atoms with Crippen LogP contribution in [0.3, 0.4) is 0 Å². The van der Waals surface area contributed by atoms with Crippen LogP contribution >= 0.6 is 0 Å². The van der Waals surface area contributed by atoms with E-state index in [4.69, 9.17) is 0 Å². The fraction of sp³-hybridized carbons (Fsp3) is 0.208. The van der Waals surface area contributed by atoms with Crippen LogP contribution in [0.1, 0.15) is 21.5 Å². The largest absolute Gasteiger partial charge is 0.378 e. The van der Waals surface area contributed by atoms with E-state index in [0.29, 0.717) is 17.8 Å². The highest BCUT2D eigenvalue weighted by Gasteiger charge is 2.17. The van der Waals surface area contributed by atoms with Gasteiger partial charge in [-0.2, -0.15) is 0 Å². The Morgan fingerprint density at radius 2 is 1.56 bits per heavy atom. The molecule has 0 saturated heterocycles. The number of nitrogens with zero attached hydrogens (tertiary/aromatic N) is 2. The first-order valence-corrected chi connectivity index (χ1v) is 11.5. The van der Waals surface area contributed by atoms with E-state index in [1.54, 1.807) is 24.1 Å². The van der Waals surface area contributed by atoms with Gasteiger partial charge in [-0.25, -0.2) is 12.8 Å². The molecule has 168 valence electrons. The number of sulfonamides is 1. The number of carbonyl (C=O) groups is 1. The Bertz CT molecular complexity index is 1210. The normalized spacial score (nSPS) is 11.2. The molecule has 0 fully saturated rings. The monoisotopic (exact) mass is 455 g/mol. The van der Waals surface area contributed by atoms with Crippen molar-refractivity contribution in [2.45, 2.75) is 18.4 Å². The summed E-state index contributed by atoms with van der Waals surface area (Å²) in [4.78, 5) is 16.3. The first kappa shape index (κ1) is 23.3. The van der Waals surface area contributed by atoms with Crippen LogP contribution in [-0.4, -0.2) is 40.4 Å². The maximum atomic E-state index is 13.4. The molecule has 6 nitrogen and oxygen atoms in total. The zero-order chi connectivity index (χ0) is 23.5. The second-order valence-corrected chi connectivity index (χ2v) is 9.50. The molecule has 0 heterocycles. The van der Waals surface area contributed by atoms with Crippen molar-refractivity contribution in [2.75, 3.05) is 30.8 Å². The molecule has 3 aromatic rings. The number of benzene rings is 3. The van der Waals surface area contributed by atoms with Gasteiger partial charge < -0.3 is 9.80 Å². The van der Waals surface area contributed by atoms with Gasteiger partial charge >= 0.3 is 0 Å². The smallest absolute Gasteiger partial charge is 0.261 e. The van der Waals surface area contributed by atoms with Gasteiger partial charge in [0.15, 0.2) is 0 Å². The molecule has 1 amide bonds. The summed E-state index contributed by atoms with van der Waals surface area (Å²) in [6.07, 6.45) is 0. The van der Waals surface area contributed by atoms with Crippen LogP contribution in [-0.2, 0) is 16.6 Å². The van der Waals surface area contributed by atoms with Crippen molar-refractivity contribution in [3.63, 3.8) is 0 Å². The summed E-state index contributed by atoms with van der Waals surface area (Å²) in [5.41, 5.74) is 3.08. The van der Waals surface area contributed by atoms with Crippen molar-refractivity contribution in [3.8, 4) is 0 Å². The third kappa shape index (κ3) is 5.45. The Morgan fingerprint density at radius 1 is 0.938 bits per heavy atom. The summed E-state index contributed by atoms with van der Waals surface area (Å²) in [5.74, 6) is -0.644. The standard InChI is InChI=1S/C24H26FN3O3S/c1-17-15-22(13-14-23(17)25)32(30,31)26-20-9-7-19(8-10-20)24(29)28(4)16-18-5-11-21(12-6-18)27(2)3/h5-15,26H,16H2,1-4H3. The maximum absolute atomic E-state index is 13.4. The minimum Gasteiger partial charge on any atom is -0.378 e. The van der Waals surface area contributed by atoms with E-state index in [1.165, 1.54) is 31.2 Å². The van der Waals surface area contributed by atoms with E-state index in [-0.39, 0.29) is 16.4 Å². The molecule has 0 aliphatic heterocycles. The van der Waals surface area contributed by atoms with Gasteiger partial charge in [-0.05, 0) is 72.6 Å². The Morgan fingerprint density at radius 3 is 2.12 bits per heavy atom. The van der Waals surface area contributed by atoms with E-state index in [9.17, 15) is 17.6 Å². The molecule has 32 heavy (non-hydrogen) atoms. The topological polar surface area (TPSA) is 69.7 Å². The summed E-state index contributed by atoms with van der Waals surface area (Å²) >= 11 is 0. The predicted molar refractivity (Wildman–Crippen MR) is 125 cm³/mol. The van der Waals surface area contributed by atoms with Gasteiger partial charge in [0.05, 0.1) is 4.90 Å².